The fraction of sp³-hybridized carbons (Fsp3) is 0.143. The van der Waals surface area contributed by atoms with Crippen LogP contribution in [0, 0.1) is 0 Å². The second-order valence-corrected chi connectivity index (χ2v) is 7.00. The predicted octanol–water partition coefficient (Wildman–Crippen LogP) is 4.98. The van der Waals surface area contributed by atoms with Gasteiger partial charge in [0, 0.05) is 23.7 Å². The number of aliphatic hydroxyl groups excluding tert-OH is 1. The number of allylic oxidation sites excluding steroid dienone is 3. The molecule has 1 aliphatic rings. The number of pyridine rings is 2. The van der Waals surface area contributed by atoms with Gasteiger partial charge in [-0.25, -0.2) is 9.98 Å². The standard InChI is InChI=1S/C21H17ClF3N5O2/c1-3-14(29-20(32)12-4-5-18(26-8-12)21(23,24)25)7-15(11(2)31)17-10-28-19-16(30-17)6-13(22)9-27-19/h3-9,31H,2,10H2,1H3,(H,27,28)(H,29,32)/b14-3+,15-7+. The number of aliphatic hydroxyl groups is 1. The summed E-state index contributed by atoms with van der Waals surface area (Å²) >= 11 is 5.96. The van der Waals surface area contributed by atoms with E-state index in [0.717, 1.165) is 18.3 Å². The smallest absolute Gasteiger partial charge is 0.433 e. The van der Waals surface area contributed by atoms with Gasteiger partial charge in [0.05, 0.1) is 22.8 Å². The van der Waals surface area contributed by atoms with Crippen molar-refractivity contribution in [3.05, 3.63) is 82.6 Å². The van der Waals surface area contributed by atoms with Crippen molar-refractivity contribution in [1.29, 1.82) is 0 Å². The monoisotopic (exact) mass is 463 g/mol. The fourth-order valence-corrected chi connectivity index (χ4v) is 2.89. The van der Waals surface area contributed by atoms with E-state index in [1.807, 2.05) is 0 Å². The summed E-state index contributed by atoms with van der Waals surface area (Å²) in [5.74, 6) is -0.451. The van der Waals surface area contributed by atoms with Gasteiger partial charge in [-0.05, 0) is 31.2 Å². The molecule has 7 nitrogen and oxygen atoms in total. The molecule has 0 unspecified atom stereocenters. The molecule has 3 N–H and O–H groups in total. The Morgan fingerprint density at radius 2 is 2.06 bits per heavy atom. The van der Waals surface area contributed by atoms with Crippen molar-refractivity contribution in [2.45, 2.75) is 13.1 Å². The molecule has 2 aromatic heterocycles. The van der Waals surface area contributed by atoms with Gasteiger partial charge in [0.25, 0.3) is 5.91 Å². The lowest BCUT2D eigenvalue weighted by atomic mass is 10.1. The van der Waals surface area contributed by atoms with Crippen LogP contribution in [-0.2, 0) is 6.18 Å². The number of carbonyl (C=O) groups is 1. The fourth-order valence-electron chi connectivity index (χ4n) is 2.74. The first-order valence-electron chi connectivity index (χ1n) is 9.16. The second kappa shape index (κ2) is 9.23. The molecule has 0 saturated heterocycles. The van der Waals surface area contributed by atoms with Crippen LogP contribution in [0.4, 0.5) is 24.7 Å². The number of amides is 1. The Labute approximate surface area is 186 Å². The molecule has 0 spiro atoms. The number of nitrogens with one attached hydrogen (secondary N) is 2. The molecule has 3 heterocycles. The maximum Gasteiger partial charge on any atom is 0.433 e. The van der Waals surface area contributed by atoms with Crippen molar-refractivity contribution in [3.63, 3.8) is 0 Å². The molecule has 1 aliphatic heterocycles. The first kappa shape index (κ1) is 23.0. The summed E-state index contributed by atoms with van der Waals surface area (Å²) in [5, 5.41) is 16.1. The Kier molecular flexibility index (Phi) is 6.64. The van der Waals surface area contributed by atoms with E-state index in [4.69, 9.17) is 11.6 Å². The Hall–Kier alpha value is -3.66. The van der Waals surface area contributed by atoms with Gasteiger partial charge >= 0.3 is 6.18 Å². The van der Waals surface area contributed by atoms with E-state index < -0.39 is 17.8 Å². The van der Waals surface area contributed by atoms with Crippen LogP contribution in [0.25, 0.3) is 0 Å². The van der Waals surface area contributed by atoms with E-state index in [9.17, 15) is 23.1 Å². The third kappa shape index (κ3) is 5.33. The van der Waals surface area contributed by atoms with Gasteiger partial charge in [0.15, 0.2) is 5.82 Å². The molecule has 0 fully saturated rings. The van der Waals surface area contributed by atoms with E-state index in [-0.39, 0.29) is 29.1 Å². The highest BCUT2D eigenvalue weighted by molar-refractivity contribution is 6.30. The number of anilines is 1. The van der Waals surface area contributed by atoms with Gasteiger partial charge in [-0.3, -0.25) is 9.78 Å². The zero-order valence-corrected chi connectivity index (χ0v) is 17.4. The van der Waals surface area contributed by atoms with Crippen LogP contribution in [0.3, 0.4) is 0 Å². The van der Waals surface area contributed by atoms with Crippen molar-refractivity contribution >= 4 is 34.7 Å². The van der Waals surface area contributed by atoms with E-state index in [1.54, 1.807) is 19.1 Å². The average Bonchev–Trinajstić information content (AvgIpc) is 2.75. The highest BCUT2D eigenvalue weighted by atomic mass is 35.5. The molecule has 0 saturated carbocycles. The van der Waals surface area contributed by atoms with E-state index in [0.29, 0.717) is 22.2 Å². The summed E-state index contributed by atoms with van der Waals surface area (Å²) in [6.45, 7) is 5.40. The van der Waals surface area contributed by atoms with Crippen LogP contribution >= 0.6 is 11.6 Å². The number of rotatable bonds is 5. The highest BCUT2D eigenvalue weighted by Crippen LogP contribution is 2.30. The Bertz CT molecular complexity index is 1160. The minimum Gasteiger partial charge on any atom is -0.508 e. The minimum absolute atomic E-state index is 0.0681. The SMILES string of the molecule is C=C(O)/C(=C\C(=C/C)NC(=O)c1ccc(C(F)(F)F)nc1)C1=Nc2cc(Cl)cnc2NC1. The van der Waals surface area contributed by atoms with Crippen molar-refractivity contribution in [2.75, 3.05) is 11.9 Å². The quantitative estimate of drug-likeness (QED) is 0.429. The topological polar surface area (TPSA) is 99.5 Å². The molecule has 0 aromatic carbocycles. The molecule has 0 atom stereocenters. The molecule has 166 valence electrons. The van der Waals surface area contributed by atoms with Crippen LogP contribution in [0.1, 0.15) is 23.0 Å². The van der Waals surface area contributed by atoms with Crippen molar-refractivity contribution in [1.82, 2.24) is 15.3 Å². The molecular formula is C21H17ClF3N5O2. The van der Waals surface area contributed by atoms with Gasteiger partial charge in [0.2, 0.25) is 0 Å². The molecule has 2 aromatic rings. The molecule has 0 aliphatic carbocycles. The van der Waals surface area contributed by atoms with Crippen LogP contribution in [0.15, 0.2) is 71.3 Å². The van der Waals surface area contributed by atoms with Crippen molar-refractivity contribution in [3.8, 4) is 0 Å². The Balaban J connectivity index is 1.85. The summed E-state index contributed by atoms with van der Waals surface area (Å²) in [4.78, 5) is 24.3. The van der Waals surface area contributed by atoms with E-state index >= 15 is 0 Å². The lowest BCUT2D eigenvalue weighted by Gasteiger charge is -2.19. The summed E-state index contributed by atoms with van der Waals surface area (Å²) < 4.78 is 38.0. The molecule has 3 rings (SSSR count). The summed E-state index contributed by atoms with van der Waals surface area (Å²) in [5.41, 5.74) is 0.213. The number of hydrogen-bond acceptors (Lipinski definition) is 6. The lowest BCUT2D eigenvalue weighted by Crippen LogP contribution is -2.25. The zero-order valence-electron chi connectivity index (χ0n) is 16.7. The molecule has 1 amide bonds. The van der Waals surface area contributed by atoms with Gasteiger partial charge in [-0.2, -0.15) is 13.2 Å². The number of aromatic nitrogens is 2. The summed E-state index contributed by atoms with van der Waals surface area (Å²) in [7, 11) is 0. The van der Waals surface area contributed by atoms with Gasteiger partial charge in [0.1, 0.15) is 17.1 Å². The van der Waals surface area contributed by atoms with Crippen molar-refractivity contribution in [2.24, 2.45) is 4.99 Å². The zero-order chi connectivity index (χ0) is 23.5. The molecule has 11 heteroatoms. The van der Waals surface area contributed by atoms with Crippen LogP contribution in [-0.4, -0.2) is 33.2 Å². The number of alkyl halides is 3. The third-order valence-corrected chi connectivity index (χ3v) is 4.53. The number of aliphatic imine (C=N–C) groups is 1. The Morgan fingerprint density at radius 1 is 1.31 bits per heavy atom. The normalized spacial score (nSPS) is 14.2. The molecule has 32 heavy (non-hydrogen) atoms. The second-order valence-electron chi connectivity index (χ2n) is 6.57. The van der Waals surface area contributed by atoms with Gasteiger partial charge in [-0.1, -0.05) is 24.3 Å². The largest absolute Gasteiger partial charge is 0.508 e. The number of fused-ring (bicyclic) bond motifs is 1. The number of halogens is 4. The number of carbonyl (C=O) groups excluding carboxylic acids is 1. The Morgan fingerprint density at radius 3 is 2.66 bits per heavy atom. The summed E-state index contributed by atoms with van der Waals surface area (Å²) in [6, 6.07) is 3.35. The van der Waals surface area contributed by atoms with E-state index in [1.165, 1.54) is 12.3 Å². The molecule has 0 radical (unpaired) electrons. The minimum atomic E-state index is -4.60. The van der Waals surface area contributed by atoms with Crippen LogP contribution < -0.4 is 10.6 Å². The van der Waals surface area contributed by atoms with Crippen molar-refractivity contribution < 1.29 is 23.1 Å². The van der Waals surface area contributed by atoms with Crippen LogP contribution in [0.5, 0.6) is 0 Å². The van der Waals surface area contributed by atoms with E-state index in [2.05, 4.69) is 32.2 Å². The highest BCUT2D eigenvalue weighted by Gasteiger charge is 2.32. The summed E-state index contributed by atoms with van der Waals surface area (Å²) in [6.07, 6.45) is 0.696. The van der Waals surface area contributed by atoms with Gasteiger partial charge in [-0.15, -0.1) is 0 Å². The first-order valence-corrected chi connectivity index (χ1v) is 9.54. The third-order valence-electron chi connectivity index (χ3n) is 4.32. The molecular weight excluding hydrogens is 447 g/mol. The number of hydrogen-bond donors (Lipinski definition) is 3. The lowest BCUT2D eigenvalue weighted by molar-refractivity contribution is -0.141. The number of nitrogens with zero attached hydrogens (tertiary/aromatic N) is 3. The maximum atomic E-state index is 12.7. The van der Waals surface area contributed by atoms with Crippen LogP contribution in [0.2, 0.25) is 5.02 Å². The first-order chi connectivity index (χ1) is 15.1. The predicted molar refractivity (Wildman–Crippen MR) is 115 cm³/mol. The van der Waals surface area contributed by atoms with Gasteiger partial charge < -0.3 is 15.7 Å². The maximum absolute atomic E-state index is 12.7. The molecule has 0 bridgehead atoms. The average molecular weight is 464 g/mol.